The fourth-order valence-electron chi connectivity index (χ4n) is 1.89. The summed E-state index contributed by atoms with van der Waals surface area (Å²) in [5.74, 6) is 0.673. The van der Waals surface area contributed by atoms with Crippen molar-refractivity contribution in [3.05, 3.63) is 29.3 Å². The van der Waals surface area contributed by atoms with Crippen LogP contribution in [0.15, 0.2) is 18.5 Å². The Bertz CT molecular complexity index is 713. The molecular weight excluding hydrogens is 252 g/mol. The number of halogens is 1. The van der Waals surface area contributed by atoms with Crippen LogP contribution >= 0.6 is 11.6 Å². The van der Waals surface area contributed by atoms with E-state index in [1.54, 1.807) is 21.5 Å². The summed E-state index contributed by atoms with van der Waals surface area (Å²) >= 11 is 6.14. The Kier molecular flexibility index (Phi) is 2.52. The first-order valence-corrected chi connectivity index (χ1v) is 5.96. The number of hydrogen-bond acceptors (Lipinski definition) is 4. The number of aromatic nitrogens is 6. The van der Waals surface area contributed by atoms with Gasteiger partial charge in [-0.15, -0.1) is 10.2 Å². The molecule has 0 aromatic carbocycles. The maximum atomic E-state index is 6.14. The molecule has 0 spiro atoms. The van der Waals surface area contributed by atoms with Crippen molar-refractivity contribution in [2.75, 3.05) is 0 Å². The van der Waals surface area contributed by atoms with Crippen LogP contribution in [-0.4, -0.2) is 29.4 Å². The van der Waals surface area contributed by atoms with Gasteiger partial charge in [0.05, 0.1) is 18.1 Å². The van der Waals surface area contributed by atoms with Gasteiger partial charge < -0.3 is 0 Å². The lowest BCUT2D eigenvalue weighted by Gasteiger charge is -2.01. The molecule has 3 aromatic rings. The fraction of sp³-hybridized carbons (Fsp3) is 0.273. The zero-order chi connectivity index (χ0) is 12.7. The van der Waals surface area contributed by atoms with Crippen LogP contribution in [0.5, 0.6) is 0 Å². The molecule has 6 nitrogen and oxygen atoms in total. The van der Waals surface area contributed by atoms with E-state index in [0.29, 0.717) is 16.6 Å². The predicted octanol–water partition coefficient (Wildman–Crippen LogP) is 1.74. The molecule has 0 aliphatic heterocycles. The second-order valence-corrected chi connectivity index (χ2v) is 4.33. The lowest BCUT2D eigenvalue weighted by Crippen LogP contribution is -1.98. The van der Waals surface area contributed by atoms with Crippen LogP contribution in [0, 0.1) is 0 Å². The summed E-state index contributed by atoms with van der Waals surface area (Å²) in [7, 11) is 1.88. The quantitative estimate of drug-likeness (QED) is 0.706. The molecule has 92 valence electrons. The maximum Gasteiger partial charge on any atom is 0.187 e. The second-order valence-electron chi connectivity index (χ2n) is 3.95. The summed E-state index contributed by atoms with van der Waals surface area (Å²) < 4.78 is 3.54. The number of aryl methyl sites for hydroxylation is 2. The Morgan fingerprint density at radius 1 is 1.28 bits per heavy atom. The third kappa shape index (κ3) is 1.57. The van der Waals surface area contributed by atoms with Crippen LogP contribution in [0.25, 0.3) is 17.2 Å². The Morgan fingerprint density at radius 2 is 2.11 bits per heavy atom. The normalized spacial score (nSPS) is 11.3. The van der Waals surface area contributed by atoms with Crippen molar-refractivity contribution in [3.63, 3.8) is 0 Å². The molecule has 0 unspecified atom stereocenters. The van der Waals surface area contributed by atoms with Crippen molar-refractivity contribution >= 4 is 17.2 Å². The molecule has 3 rings (SSSR count). The van der Waals surface area contributed by atoms with Crippen LogP contribution in [-0.2, 0) is 13.5 Å². The number of rotatable bonds is 2. The van der Waals surface area contributed by atoms with Crippen molar-refractivity contribution < 1.29 is 0 Å². The van der Waals surface area contributed by atoms with E-state index >= 15 is 0 Å². The fourth-order valence-corrected chi connectivity index (χ4v) is 2.11. The SMILES string of the molecule is CCc1cc(-c2nnc3cncc(Cl)n23)n(C)n1. The van der Waals surface area contributed by atoms with E-state index in [9.17, 15) is 0 Å². The number of nitrogens with zero attached hydrogens (tertiary/aromatic N) is 6. The minimum atomic E-state index is 0.478. The molecule has 0 aliphatic carbocycles. The molecule has 0 saturated carbocycles. The summed E-state index contributed by atoms with van der Waals surface area (Å²) in [6.45, 7) is 2.06. The second kappa shape index (κ2) is 4.06. The van der Waals surface area contributed by atoms with Gasteiger partial charge in [0.25, 0.3) is 0 Å². The smallest absolute Gasteiger partial charge is 0.187 e. The molecule has 0 bridgehead atoms. The summed E-state index contributed by atoms with van der Waals surface area (Å²) in [5.41, 5.74) is 2.51. The highest BCUT2D eigenvalue weighted by Crippen LogP contribution is 2.22. The summed E-state index contributed by atoms with van der Waals surface area (Å²) in [5, 5.41) is 13.1. The van der Waals surface area contributed by atoms with Crippen LogP contribution in [0.3, 0.4) is 0 Å². The van der Waals surface area contributed by atoms with Crippen LogP contribution < -0.4 is 0 Å². The average molecular weight is 263 g/mol. The average Bonchev–Trinajstić information content (AvgIpc) is 2.93. The molecule has 3 heterocycles. The largest absolute Gasteiger partial charge is 0.264 e. The highest BCUT2D eigenvalue weighted by atomic mass is 35.5. The van der Waals surface area contributed by atoms with E-state index in [0.717, 1.165) is 17.8 Å². The van der Waals surface area contributed by atoms with Crippen molar-refractivity contribution in [2.45, 2.75) is 13.3 Å². The van der Waals surface area contributed by atoms with E-state index < -0.39 is 0 Å². The van der Waals surface area contributed by atoms with E-state index in [1.165, 1.54) is 0 Å². The van der Waals surface area contributed by atoms with Crippen LogP contribution in [0.2, 0.25) is 5.15 Å². The first-order chi connectivity index (χ1) is 8.70. The van der Waals surface area contributed by atoms with Gasteiger partial charge in [0.1, 0.15) is 10.8 Å². The van der Waals surface area contributed by atoms with E-state index in [-0.39, 0.29) is 0 Å². The summed E-state index contributed by atoms with van der Waals surface area (Å²) in [6, 6.07) is 1.99. The number of fused-ring (bicyclic) bond motifs is 1. The molecule has 3 aromatic heterocycles. The molecule has 0 aliphatic rings. The Balaban J connectivity index is 2.28. The van der Waals surface area contributed by atoms with Crippen molar-refractivity contribution in [1.82, 2.24) is 29.4 Å². The highest BCUT2D eigenvalue weighted by molar-refractivity contribution is 6.29. The Morgan fingerprint density at radius 3 is 2.83 bits per heavy atom. The molecule has 0 amide bonds. The minimum absolute atomic E-state index is 0.478. The van der Waals surface area contributed by atoms with Crippen molar-refractivity contribution in [3.8, 4) is 11.5 Å². The molecule has 18 heavy (non-hydrogen) atoms. The van der Waals surface area contributed by atoms with Gasteiger partial charge in [0.15, 0.2) is 11.5 Å². The molecule has 0 saturated heterocycles. The monoisotopic (exact) mass is 262 g/mol. The van der Waals surface area contributed by atoms with Crippen molar-refractivity contribution in [2.24, 2.45) is 7.05 Å². The summed E-state index contributed by atoms with van der Waals surface area (Å²) in [4.78, 5) is 3.99. The Hall–Kier alpha value is -1.95. The van der Waals surface area contributed by atoms with Gasteiger partial charge in [-0.1, -0.05) is 18.5 Å². The third-order valence-corrected chi connectivity index (χ3v) is 3.06. The molecule has 0 N–H and O–H groups in total. The standard InChI is InChI=1S/C11H11ClN6/c1-3-7-4-8(17(2)16-7)11-15-14-10-6-13-5-9(12)18(10)11/h4-6H,3H2,1-2H3. The van der Waals surface area contributed by atoms with Gasteiger partial charge in [-0.2, -0.15) is 5.10 Å². The molecule has 0 radical (unpaired) electrons. The maximum absolute atomic E-state index is 6.14. The zero-order valence-corrected chi connectivity index (χ0v) is 10.8. The van der Waals surface area contributed by atoms with Crippen molar-refractivity contribution in [1.29, 1.82) is 0 Å². The highest BCUT2D eigenvalue weighted by Gasteiger charge is 2.15. The summed E-state index contributed by atoms with van der Waals surface area (Å²) in [6.07, 6.45) is 4.07. The number of hydrogen-bond donors (Lipinski definition) is 0. The first kappa shape index (κ1) is 11.2. The lowest BCUT2D eigenvalue weighted by molar-refractivity contribution is 0.747. The molecule has 7 heteroatoms. The van der Waals surface area contributed by atoms with Gasteiger partial charge in [-0.05, 0) is 12.5 Å². The lowest BCUT2D eigenvalue weighted by atomic mass is 10.3. The van der Waals surface area contributed by atoms with Gasteiger partial charge in [0, 0.05) is 7.05 Å². The first-order valence-electron chi connectivity index (χ1n) is 5.58. The van der Waals surface area contributed by atoms with Crippen LogP contribution in [0.1, 0.15) is 12.6 Å². The molecule has 0 atom stereocenters. The topological polar surface area (TPSA) is 60.9 Å². The van der Waals surface area contributed by atoms with Gasteiger partial charge in [-0.3, -0.25) is 14.1 Å². The van der Waals surface area contributed by atoms with E-state index in [1.807, 2.05) is 13.1 Å². The van der Waals surface area contributed by atoms with Gasteiger partial charge in [-0.25, -0.2) is 0 Å². The van der Waals surface area contributed by atoms with Gasteiger partial charge >= 0.3 is 0 Å². The van der Waals surface area contributed by atoms with Crippen LogP contribution in [0.4, 0.5) is 0 Å². The van der Waals surface area contributed by atoms with Gasteiger partial charge in [0.2, 0.25) is 0 Å². The minimum Gasteiger partial charge on any atom is -0.264 e. The van der Waals surface area contributed by atoms with E-state index in [2.05, 4.69) is 27.2 Å². The Labute approximate surface area is 108 Å². The molecule has 0 fully saturated rings. The van der Waals surface area contributed by atoms with E-state index in [4.69, 9.17) is 11.6 Å². The molecular formula is C11H11ClN6. The zero-order valence-electron chi connectivity index (χ0n) is 10.0. The predicted molar refractivity (Wildman–Crippen MR) is 67.4 cm³/mol. The third-order valence-electron chi connectivity index (χ3n) is 2.79.